The quantitative estimate of drug-likeness (QED) is 0.923. The largest absolute Gasteiger partial charge is 0.308 e. The number of rotatable bonds is 3. The lowest BCUT2D eigenvalue weighted by Crippen LogP contribution is -2.55. The van der Waals surface area contributed by atoms with Crippen LogP contribution in [0, 0.1) is 11.7 Å². The number of piperidine rings is 3. The van der Waals surface area contributed by atoms with E-state index in [0.29, 0.717) is 12.6 Å². The van der Waals surface area contributed by atoms with E-state index in [1.807, 2.05) is 6.07 Å². The minimum atomic E-state index is -0.119. The molecule has 1 aromatic rings. The van der Waals surface area contributed by atoms with Crippen LogP contribution >= 0.6 is 15.9 Å². The van der Waals surface area contributed by atoms with E-state index in [2.05, 4.69) is 26.1 Å². The average Bonchev–Trinajstić information content (AvgIpc) is 2.41. The predicted molar refractivity (Wildman–Crippen MR) is 73.9 cm³/mol. The molecule has 0 spiro atoms. The van der Waals surface area contributed by atoms with Crippen LogP contribution in [0.5, 0.6) is 0 Å². The van der Waals surface area contributed by atoms with Crippen molar-refractivity contribution in [3.05, 3.63) is 34.1 Å². The number of nitrogens with one attached hydrogen (secondary N) is 1. The molecule has 4 heteroatoms. The van der Waals surface area contributed by atoms with Gasteiger partial charge in [0.25, 0.3) is 0 Å². The fraction of sp³-hybridized carbons (Fsp3) is 0.571. The number of nitrogens with zero attached hydrogens (tertiary/aromatic N) is 1. The van der Waals surface area contributed by atoms with Gasteiger partial charge in [0.05, 0.1) is 0 Å². The second kappa shape index (κ2) is 5.27. The molecule has 0 aromatic heterocycles. The molecule has 2 bridgehead atoms. The van der Waals surface area contributed by atoms with Gasteiger partial charge in [-0.05, 0) is 50.0 Å². The highest BCUT2D eigenvalue weighted by atomic mass is 79.9. The van der Waals surface area contributed by atoms with Gasteiger partial charge < -0.3 is 10.2 Å². The van der Waals surface area contributed by atoms with Crippen molar-refractivity contribution in [2.75, 3.05) is 19.6 Å². The Morgan fingerprint density at radius 1 is 1.33 bits per heavy atom. The molecule has 0 aliphatic carbocycles. The van der Waals surface area contributed by atoms with Crippen molar-refractivity contribution in [3.63, 3.8) is 0 Å². The molecule has 98 valence electrons. The first-order valence-electron chi connectivity index (χ1n) is 6.62. The summed E-state index contributed by atoms with van der Waals surface area (Å²) >= 11 is 3.39. The van der Waals surface area contributed by atoms with Gasteiger partial charge >= 0.3 is 0 Å². The van der Waals surface area contributed by atoms with E-state index in [-0.39, 0.29) is 5.82 Å². The maximum Gasteiger partial charge on any atom is 0.127 e. The topological polar surface area (TPSA) is 15.3 Å². The molecule has 1 aromatic carbocycles. The Hall–Kier alpha value is -0.450. The van der Waals surface area contributed by atoms with E-state index in [1.165, 1.54) is 32.0 Å². The molecule has 3 saturated heterocycles. The molecule has 4 rings (SSSR count). The van der Waals surface area contributed by atoms with E-state index < -0.39 is 0 Å². The first-order chi connectivity index (χ1) is 8.72. The van der Waals surface area contributed by atoms with E-state index >= 15 is 0 Å². The molecule has 1 atom stereocenters. The van der Waals surface area contributed by atoms with Crippen LogP contribution in [0.4, 0.5) is 4.39 Å². The summed E-state index contributed by atoms with van der Waals surface area (Å²) in [7, 11) is 0. The monoisotopic (exact) mass is 312 g/mol. The van der Waals surface area contributed by atoms with Crippen LogP contribution in [0.1, 0.15) is 18.4 Å². The van der Waals surface area contributed by atoms with Gasteiger partial charge in [0.1, 0.15) is 5.82 Å². The maximum atomic E-state index is 13.6. The molecular weight excluding hydrogens is 295 g/mol. The van der Waals surface area contributed by atoms with Crippen LogP contribution in [-0.4, -0.2) is 30.6 Å². The fourth-order valence-electron chi connectivity index (χ4n) is 3.12. The van der Waals surface area contributed by atoms with Crippen LogP contribution in [0.2, 0.25) is 0 Å². The van der Waals surface area contributed by atoms with Crippen molar-refractivity contribution in [1.29, 1.82) is 0 Å². The van der Waals surface area contributed by atoms with E-state index in [4.69, 9.17) is 0 Å². The van der Waals surface area contributed by atoms with Crippen molar-refractivity contribution in [1.82, 2.24) is 10.2 Å². The van der Waals surface area contributed by atoms with Gasteiger partial charge in [0.2, 0.25) is 0 Å². The molecule has 3 aliphatic heterocycles. The zero-order valence-electron chi connectivity index (χ0n) is 10.3. The second-order valence-electron chi connectivity index (χ2n) is 5.36. The van der Waals surface area contributed by atoms with E-state index in [9.17, 15) is 4.39 Å². The van der Waals surface area contributed by atoms with Crippen LogP contribution in [-0.2, 0) is 6.54 Å². The predicted octanol–water partition coefficient (Wildman–Crippen LogP) is 2.77. The molecule has 0 saturated carbocycles. The van der Waals surface area contributed by atoms with Crippen molar-refractivity contribution < 1.29 is 4.39 Å². The Morgan fingerprint density at radius 3 is 2.78 bits per heavy atom. The first-order valence-corrected chi connectivity index (χ1v) is 7.41. The summed E-state index contributed by atoms with van der Waals surface area (Å²) in [6.07, 6.45) is 2.58. The van der Waals surface area contributed by atoms with Gasteiger partial charge in [0.15, 0.2) is 0 Å². The summed E-state index contributed by atoms with van der Waals surface area (Å²) in [5.74, 6) is 0.664. The summed E-state index contributed by atoms with van der Waals surface area (Å²) < 4.78 is 14.6. The SMILES string of the molecule is Fc1ccc(Br)cc1CNC1CN2CCC1CC2. The first kappa shape index (κ1) is 12.6. The van der Waals surface area contributed by atoms with Crippen molar-refractivity contribution >= 4 is 15.9 Å². The lowest BCUT2D eigenvalue weighted by molar-refractivity contribution is 0.0718. The smallest absolute Gasteiger partial charge is 0.127 e. The molecule has 0 radical (unpaired) electrons. The summed E-state index contributed by atoms with van der Waals surface area (Å²) in [5, 5.41) is 3.53. The summed E-state index contributed by atoms with van der Waals surface area (Å²) in [4.78, 5) is 2.51. The zero-order chi connectivity index (χ0) is 12.5. The number of halogens is 2. The van der Waals surface area contributed by atoms with Crippen molar-refractivity contribution in [2.24, 2.45) is 5.92 Å². The zero-order valence-corrected chi connectivity index (χ0v) is 11.9. The number of hydrogen-bond acceptors (Lipinski definition) is 2. The van der Waals surface area contributed by atoms with E-state index in [0.717, 1.165) is 22.5 Å². The van der Waals surface area contributed by atoms with Crippen LogP contribution in [0.3, 0.4) is 0 Å². The van der Waals surface area contributed by atoms with Gasteiger partial charge in [-0.3, -0.25) is 0 Å². The standard InChI is InChI=1S/C14H18BrFN2/c15-12-1-2-13(16)11(7-12)8-17-14-9-18-5-3-10(14)4-6-18/h1-2,7,10,14,17H,3-6,8-9H2. The molecule has 3 fully saturated rings. The summed E-state index contributed by atoms with van der Waals surface area (Å²) in [5.41, 5.74) is 0.751. The van der Waals surface area contributed by atoms with Gasteiger partial charge in [-0.2, -0.15) is 0 Å². The van der Waals surface area contributed by atoms with Crippen LogP contribution in [0.25, 0.3) is 0 Å². The van der Waals surface area contributed by atoms with Gasteiger partial charge in [-0.15, -0.1) is 0 Å². The van der Waals surface area contributed by atoms with Gasteiger partial charge in [0, 0.05) is 29.2 Å². The number of benzene rings is 1. The molecular formula is C14H18BrFN2. The van der Waals surface area contributed by atoms with Crippen molar-refractivity contribution in [2.45, 2.75) is 25.4 Å². The van der Waals surface area contributed by atoms with Crippen molar-refractivity contribution in [3.8, 4) is 0 Å². The lowest BCUT2D eigenvalue weighted by atomic mass is 9.84. The lowest BCUT2D eigenvalue weighted by Gasteiger charge is -2.45. The molecule has 3 heterocycles. The van der Waals surface area contributed by atoms with Gasteiger partial charge in [-0.25, -0.2) is 4.39 Å². The fourth-order valence-corrected chi connectivity index (χ4v) is 3.52. The Balaban J connectivity index is 1.62. The minimum absolute atomic E-state index is 0.119. The molecule has 0 amide bonds. The molecule has 1 N–H and O–H groups in total. The Kier molecular flexibility index (Phi) is 3.68. The minimum Gasteiger partial charge on any atom is -0.308 e. The third kappa shape index (κ3) is 2.60. The second-order valence-corrected chi connectivity index (χ2v) is 6.28. The molecule has 18 heavy (non-hydrogen) atoms. The highest BCUT2D eigenvalue weighted by molar-refractivity contribution is 9.10. The molecule has 2 nitrogen and oxygen atoms in total. The number of hydrogen-bond donors (Lipinski definition) is 1. The Bertz CT molecular complexity index is 430. The Morgan fingerprint density at radius 2 is 2.11 bits per heavy atom. The number of fused-ring (bicyclic) bond motifs is 3. The third-order valence-corrected chi connectivity index (χ3v) is 4.71. The van der Waals surface area contributed by atoms with Gasteiger partial charge in [-0.1, -0.05) is 15.9 Å². The van der Waals surface area contributed by atoms with Crippen LogP contribution < -0.4 is 5.32 Å². The summed E-state index contributed by atoms with van der Waals surface area (Å²) in [6.45, 7) is 4.24. The maximum absolute atomic E-state index is 13.6. The highest BCUT2D eigenvalue weighted by Gasteiger charge is 2.33. The summed E-state index contributed by atoms with van der Waals surface area (Å²) in [6, 6.07) is 5.67. The normalized spacial score (nSPS) is 30.7. The van der Waals surface area contributed by atoms with Crippen LogP contribution in [0.15, 0.2) is 22.7 Å². The molecule has 3 aliphatic rings. The molecule has 1 unspecified atom stereocenters. The Labute approximate surface area is 116 Å². The van der Waals surface area contributed by atoms with E-state index in [1.54, 1.807) is 6.07 Å². The highest BCUT2D eigenvalue weighted by Crippen LogP contribution is 2.27. The average molecular weight is 313 g/mol. The third-order valence-electron chi connectivity index (χ3n) is 4.22.